The van der Waals surface area contributed by atoms with Gasteiger partial charge in [-0.25, -0.2) is 4.39 Å². The number of benzene rings is 2. The zero-order valence-corrected chi connectivity index (χ0v) is 17.1. The Morgan fingerprint density at radius 2 is 1.93 bits per heavy atom. The Kier molecular flexibility index (Phi) is 5.59. The lowest BCUT2D eigenvalue weighted by molar-refractivity contribution is -0.120. The van der Waals surface area contributed by atoms with Crippen LogP contribution in [0, 0.1) is 18.7 Å². The van der Waals surface area contributed by atoms with Gasteiger partial charge in [0.15, 0.2) is 0 Å². The summed E-state index contributed by atoms with van der Waals surface area (Å²) < 4.78 is 14.2. The van der Waals surface area contributed by atoms with E-state index >= 15 is 0 Å². The van der Waals surface area contributed by atoms with E-state index < -0.39 is 11.9 Å². The van der Waals surface area contributed by atoms with Crippen LogP contribution in [-0.2, 0) is 4.79 Å². The van der Waals surface area contributed by atoms with Gasteiger partial charge in [-0.05, 0) is 68.0 Å². The number of anilines is 1. The molecule has 0 bridgehead atoms. The summed E-state index contributed by atoms with van der Waals surface area (Å²) in [5.74, 6) is -0.705. The summed E-state index contributed by atoms with van der Waals surface area (Å²) in [6.07, 6.45) is 4.66. The molecular formula is C23H24ClFN2O2. The fourth-order valence-corrected chi connectivity index (χ4v) is 4.90. The molecule has 1 heterocycles. The second-order valence-corrected chi connectivity index (χ2v) is 8.50. The molecule has 0 spiro atoms. The summed E-state index contributed by atoms with van der Waals surface area (Å²) in [7, 11) is 0. The van der Waals surface area contributed by atoms with Crippen LogP contribution in [0.2, 0.25) is 5.02 Å². The van der Waals surface area contributed by atoms with E-state index in [0.717, 1.165) is 31.2 Å². The van der Waals surface area contributed by atoms with Crippen LogP contribution < -0.4 is 5.32 Å². The molecular weight excluding hydrogens is 391 g/mol. The summed E-state index contributed by atoms with van der Waals surface area (Å²) in [4.78, 5) is 28.2. The van der Waals surface area contributed by atoms with E-state index in [-0.39, 0.29) is 23.5 Å². The van der Waals surface area contributed by atoms with E-state index in [1.807, 2.05) is 6.92 Å². The Bertz CT molecular complexity index is 948. The fourth-order valence-electron chi connectivity index (χ4n) is 4.71. The highest BCUT2D eigenvalue weighted by Crippen LogP contribution is 2.41. The Morgan fingerprint density at radius 1 is 1.14 bits per heavy atom. The minimum atomic E-state index is -0.616. The van der Waals surface area contributed by atoms with Crippen LogP contribution in [0.15, 0.2) is 42.5 Å². The maximum absolute atomic E-state index is 14.2. The van der Waals surface area contributed by atoms with Crippen LogP contribution in [0.25, 0.3) is 0 Å². The molecule has 1 saturated heterocycles. The number of fused-ring (bicyclic) bond motifs is 1. The Hall–Kier alpha value is -2.40. The highest BCUT2D eigenvalue weighted by atomic mass is 35.5. The van der Waals surface area contributed by atoms with Crippen molar-refractivity contribution in [3.63, 3.8) is 0 Å². The third kappa shape index (κ3) is 4.01. The van der Waals surface area contributed by atoms with Crippen molar-refractivity contribution in [1.82, 2.24) is 4.90 Å². The van der Waals surface area contributed by atoms with Crippen LogP contribution in [-0.4, -0.2) is 28.8 Å². The lowest BCUT2D eigenvalue weighted by Crippen LogP contribution is -2.47. The summed E-state index contributed by atoms with van der Waals surface area (Å²) in [6.45, 7) is 1.84. The van der Waals surface area contributed by atoms with Crippen molar-refractivity contribution in [3.05, 3.63) is 64.4 Å². The van der Waals surface area contributed by atoms with Crippen LogP contribution >= 0.6 is 11.6 Å². The van der Waals surface area contributed by atoms with Crippen LogP contribution in [0.1, 0.15) is 48.0 Å². The zero-order valence-electron chi connectivity index (χ0n) is 16.3. The van der Waals surface area contributed by atoms with Crippen LogP contribution in [0.4, 0.5) is 10.1 Å². The van der Waals surface area contributed by atoms with Crippen molar-refractivity contribution in [2.45, 2.75) is 51.1 Å². The van der Waals surface area contributed by atoms with Gasteiger partial charge in [0, 0.05) is 16.6 Å². The van der Waals surface area contributed by atoms with Gasteiger partial charge in [0.25, 0.3) is 5.91 Å². The molecule has 29 heavy (non-hydrogen) atoms. The molecule has 152 valence electrons. The minimum absolute atomic E-state index is 0.0355. The first-order valence-corrected chi connectivity index (χ1v) is 10.5. The van der Waals surface area contributed by atoms with Gasteiger partial charge in [-0.1, -0.05) is 36.6 Å². The Labute approximate surface area is 175 Å². The van der Waals surface area contributed by atoms with Gasteiger partial charge < -0.3 is 10.2 Å². The maximum atomic E-state index is 14.2. The SMILES string of the molecule is Cc1ccc(F)c(NC(=O)C2CC3CCCCC3N2C(=O)c2cccc(Cl)c2)c1. The monoisotopic (exact) mass is 414 g/mol. The standard InChI is InChI=1S/C23H24ClFN2O2/c1-14-9-10-18(25)19(11-14)26-22(28)21-13-15-5-2-3-8-20(15)27(21)23(29)16-6-4-7-17(24)12-16/h4,6-7,9-12,15,20-21H,2-3,5,8,13H2,1H3,(H,26,28). The lowest BCUT2D eigenvalue weighted by atomic mass is 9.84. The molecule has 2 amide bonds. The van der Waals surface area contributed by atoms with Crippen molar-refractivity contribution < 1.29 is 14.0 Å². The van der Waals surface area contributed by atoms with Crippen molar-refractivity contribution in [3.8, 4) is 0 Å². The topological polar surface area (TPSA) is 49.4 Å². The molecule has 3 unspecified atom stereocenters. The number of hydrogen-bond donors (Lipinski definition) is 1. The number of nitrogens with one attached hydrogen (secondary N) is 1. The van der Waals surface area contributed by atoms with Gasteiger partial charge >= 0.3 is 0 Å². The normalized spacial score (nSPS) is 23.6. The van der Waals surface area contributed by atoms with Gasteiger partial charge in [-0.2, -0.15) is 0 Å². The fraction of sp³-hybridized carbons (Fsp3) is 0.391. The summed E-state index contributed by atoms with van der Waals surface area (Å²) in [5.41, 5.74) is 1.48. The van der Waals surface area contributed by atoms with E-state index in [9.17, 15) is 14.0 Å². The van der Waals surface area contributed by atoms with E-state index in [1.54, 1.807) is 41.3 Å². The van der Waals surface area contributed by atoms with Crippen LogP contribution in [0.3, 0.4) is 0 Å². The van der Waals surface area contributed by atoms with Crippen LogP contribution in [0.5, 0.6) is 0 Å². The predicted octanol–water partition coefficient (Wildman–Crippen LogP) is 5.20. The second kappa shape index (κ2) is 8.15. The molecule has 1 saturated carbocycles. The number of nitrogens with zero attached hydrogens (tertiary/aromatic N) is 1. The molecule has 2 aliphatic rings. The third-order valence-electron chi connectivity index (χ3n) is 6.08. The van der Waals surface area contributed by atoms with Crippen molar-refractivity contribution in [1.29, 1.82) is 0 Å². The molecule has 2 fully saturated rings. The van der Waals surface area contributed by atoms with Crippen molar-refractivity contribution in [2.75, 3.05) is 5.32 Å². The molecule has 6 heteroatoms. The molecule has 4 nitrogen and oxygen atoms in total. The first-order valence-electron chi connectivity index (χ1n) is 10.1. The molecule has 1 aliphatic carbocycles. The van der Waals surface area contributed by atoms with Gasteiger partial charge in [0.2, 0.25) is 5.91 Å². The highest BCUT2D eigenvalue weighted by Gasteiger charge is 2.47. The van der Waals surface area contributed by atoms with E-state index in [2.05, 4.69) is 5.32 Å². The van der Waals surface area contributed by atoms with E-state index in [1.165, 1.54) is 6.07 Å². The summed E-state index contributed by atoms with van der Waals surface area (Å²) >= 11 is 6.08. The molecule has 2 aromatic rings. The van der Waals surface area contributed by atoms with Gasteiger partial charge in [0.05, 0.1) is 5.69 Å². The highest BCUT2D eigenvalue weighted by molar-refractivity contribution is 6.31. The Balaban J connectivity index is 1.63. The van der Waals surface area contributed by atoms with Crippen molar-refractivity contribution in [2.24, 2.45) is 5.92 Å². The smallest absolute Gasteiger partial charge is 0.254 e. The molecule has 0 radical (unpaired) electrons. The predicted molar refractivity (Wildman–Crippen MR) is 112 cm³/mol. The lowest BCUT2D eigenvalue weighted by Gasteiger charge is -2.33. The van der Waals surface area contributed by atoms with Gasteiger partial charge in [0.1, 0.15) is 11.9 Å². The number of halogens is 2. The number of amides is 2. The number of likely N-dealkylation sites (tertiary alicyclic amines) is 1. The first-order chi connectivity index (χ1) is 13.9. The second-order valence-electron chi connectivity index (χ2n) is 8.06. The number of carbonyl (C=O) groups excluding carboxylic acids is 2. The molecule has 0 aromatic heterocycles. The van der Waals surface area contributed by atoms with E-state index in [0.29, 0.717) is 22.9 Å². The summed E-state index contributed by atoms with van der Waals surface area (Å²) in [5, 5.41) is 3.20. The average molecular weight is 415 g/mol. The van der Waals surface area contributed by atoms with Gasteiger partial charge in [-0.3, -0.25) is 9.59 Å². The molecule has 2 aromatic carbocycles. The number of aryl methyl sites for hydroxylation is 1. The molecule has 1 aliphatic heterocycles. The number of rotatable bonds is 3. The largest absolute Gasteiger partial charge is 0.323 e. The first kappa shape index (κ1) is 19.9. The number of hydrogen-bond acceptors (Lipinski definition) is 2. The quantitative estimate of drug-likeness (QED) is 0.750. The molecule has 3 atom stereocenters. The number of carbonyl (C=O) groups is 2. The molecule has 1 N–H and O–H groups in total. The summed E-state index contributed by atoms with van der Waals surface area (Å²) in [6, 6.07) is 10.8. The molecule has 4 rings (SSSR count). The Morgan fingerprint density at radius 3 is 2.72 bits per heavy atom. The maximum Gasteiger partial charge on any atom is 0.254 e. The minimum Gasteiger partial charge on any atom is -0.323 e. The van der Waals surface area contributed by atoms with E-state index in [4.69, 9.17) is 11.6 Å². The average Bonchev–Trinajstić information content (AvgIpc) is 3.10. The zero-order chi connectivity index (χ0) is 20.5. The third-order valence-corrected chi connectivity index (χ3v) is 6.31. The van der Waals surface area contributed by atoms with Crippen molar-refractivity contribution >= 4 is 29.1 Å². The van der Waals surface area contributed by atoms with Gasteiger partial charge in [-0.15, -0.1) is 0 Å².